The van der Waals surface area contributed by atoms with Gasteiger partial charge in [-0.15, -0.1) is 0 Å². The number of phenols is 4. The summed E-state index contributed by atoms with van der Waals surface area (Å²) >= 11 is 0. The Morgan fingerprint density at radius 1 is 0.292 bits per heavy atom. The third-order valence-electron chi connectivity index (χ3n) is 21.6. The van der Waals surface area contributed by atoms with Crippen LogP contribution in [0.15, 0.2) is 117 Å². The normalized spacial score (nSPS) is 24.5. The molecule has 8 heterocycles. The van der Waals surface area contributed by atoms with Gasteiger partial charge in [-0.3, -0.25) is 0 Å². The number of hydrogen-bond donors (Lipinski definition) is 4. The molecule has 536 valence electrons. The van der Waals surface area contributed by atoms with E-state index in [0.29, 0.717) is 26.2 Å². The summed E-state index contributed by atoms with van der Waals surface area (Å²) in [6.07, 6.45) is 20.9. The molecule has 0 amide bonds. The Hall–Kier alpha value is -4.44. The third-order valence-corrected chi connectivity index (χ3v) is 29.4. The summed E-state index contributed by atoms with van der Waals surface area (Å²) in [5.41, 5.74) is 0. The number of phenolic OH excluding ortho intramolecular Hbond substituents is 4. The fourth-order valence-corrected chi connectivity index (χ4v) is 22.3. The standard InChI is InChI=1S/4C18H28N2O3S/c4*1-15-7-11-19(12-8-15)13-9-16-4-3-10-20(16)24(22,23)18-6-2-5-17(21)14-18/h4*2,5-6,14-16,21H,3-4,7-13H2,1H3/t4*16-/m1111/s1. The maximum atomic E-state index is 12.9. The summed E-state index contributed by atoms with van der Waals surface area (Å²) in [7, 11) is -14.1. The van der Waals surface area contributed by atoms with Crippen LogP contribution in [0.25, 0.3) is 0 Å². The van der Waals surface area contributed by atoms with Crippen molar-refractivity contribution in [1.82, 2.24) is 36.8 Å². The van der Waals surface area contributed by atoms with E-state index in [-0.39, 0.29) is 66.7 Å². The van der Waals surface area contributed by atoms with Gasteiger partial charge in [-0.05, 0) is 303 Å². The van der Waals surface area contributed by atoms with Gasteiger partial charge in [-0.1, -0.05) is 52.0 Å². The Morgan fingerprint density at radius 2 is 0.479 bits per heavy atom. The second-order valence-electron chi connectivity index (χ2n) is 28.9. The molecule has 20 nitrogen and oxygen atoms in total. The molecule has 0 spiro atoms. The number of hydrogen-bond acceptors (Lipinski definition) is 16. The zero-order chi connectivity index (χ0) is 68.6. The lowest BCUT2D eigenvalue weighted by Crippen LogP contribution is -2.40. The zero-order valence-electron chi connectivity index (χ0n) is 57.6. The number of aromatic hydroxyl groups is 4. The van der Waals surface area contributed by atoms with Crippen LogP contribution in [0.5, 0.6) is 23.0 Å². The Kier molecular flexibility index (Phi) is 27.8. The first-order chi connectivity index (χ1) is 45.9. The third kappa shape index (κ3) is 20.8. The first-order valence-corrected chi connectivity index (χ1v) is 41.8. The number of likely N-dealkylation sites (tertiary alicyclic amines) is 4. The minimum atomic E-state index is -3.52. The summed E-state index contributed by atoms with van der Waals surface area (Å²) in [5, 5.41) is 38.4. The second-order valence-corrected chi connectivity index (χ2v) is 36.5. The molecule has 12 rings (SSSR count). The average Bonchev–Trinajstić information content (AvgIpc) is 1.68. The van der Waals surface area contributed by atoms with Crippen LogP contribution in [-0.2, 0) is 40.1 Å². The van der Waals surface area contributed by atoms with Gasteiger partial charge in [0, 0.05) is 50.3 Å². The van der Waals surface area contributed by atoms with Crippen molar-refractivity contribution in [2.24, 2.45) is 23.7 Å². The minimum Gasteiger partial charge on any atom is -0.508 e. The van der Waals surface area contributed by atoms with Gasteiger partial charge >= 0.3 is 0 Å². The van der Waals surface area contributed by atoms with Gasteiger partial charge in [-0.2, -0.15) is 17.2 Å². The second kappa shape index (κ2) is 35.2. The first kappa shape index (κ1) is 75.8. The predicted molar refractivity (Wildman–Crippen MR) is 378 cm³/mol. The molecular weight excluding hydrogens is 1300 g/mol. The van der Waals surface area contributed by atoms with Crippen LogP contribution in [0.2, 0.25) is 0 Å². The lowest BCUT2D eigenvalue weighted by Gasteiger charge is -2.32. The fourth-order valence-electron chi connectivity index (χ4n) is 15.2. The lowest BCUT2D eigenvalue weighted by atomic mass is 9.99. The highest BCUT2D eigenvalue weighted by Gasteiger charge is 2.40. The lowest BCUT2D eigenvalue weighted by molar-refractivity contribution is 0.179. The van der Waals surface area contributed by atoms with Crippen molar-refractivity contribution >= 4 is 40.1 Å². The van der Waals surface area contributed by atoms with Crippen molar-refractivity contribution in [2.45, 2.75) is 200 Å². The molecule has 0 aliphatic carbocycles. The molecule has 4 aromatic rings. The van der Waals surface area contributed by atoms with Gasteiger partial charge in [-0.25, -0.2) is 33.7 Å². The smallest absolute Gasteiger partial charge is 0.243 e. The molecule has 24 heteroatoms. The van der Waals surface area contributed by atoms with Crippen LogP contribution < -0.4 is 0 Å². The Morgan fingerprint density at radius 3 is 0.656 bits per heavy atom. The molecule has 8 saturated heterocycles. The summed E-state index contributed by atoms with van der Waals surface area (Å²) in [6.45, 7) is 24.5. The van der Waals surface area contributed by atoms with E-state index in [1.807, 2.05) is 0 Å². The SMILES string of the molecule is CC1CCN(CC[C@H]2CCCN2S(=O)(=O)c2cccc(O)c2)CC1.CC1CCN(CC[C@H]2CCCN2S(=O)(=O)c2cccc(O)c2)CC1.CC1CCN(CC[C@H]2CCCN2S(=O)(=O)c2cccc(O)c2)CC1.CC1CCN(CC[C@H]2CCCN2S(=O)(=O)c2cccc(O)c2)CC1. The number of piperidine rings is 4. The van der Waals surface area contributed by atoms with E-state index in [4.69, 9.17) is 0 Å². The van der Waals surface area contributed by atoms with Crippen molar-refractivity contribution in [1.29, 1.82) is 0 Å². The molecule has 8 aliphatic heterocycles. The monoisotopic (exact) mass is 1410 g/mol. The zero-order valence-corrected chi connectivity index (χ0v) is 60.8. The van der Waals surface area contributed by atoms with Crippen molar-refractivity contribution in [2.75, 3.05) is 105 Å². The number of nitrogens with zero attached hydrogens (tertiary/aromatic N) is 8. The van der Waals surface area contributed by atoms with Crippen LogP contribution in [0.4, 0.5) is 0 Å². The summed E-state index contributed by atoms with van der Waals surface area (Å²) in [6, 6.07) is 24.3. The quantitative estimate of drug-likeness (QED) is 0.0643. The highest BCUT2D eigenvalue weighted by atomic mass is 32.2. The van der Waals surface area contributed by atoms with Gasteiger partial charge in [0.15, 0.2) is 0 Å². The van der Waals surface area contributed by atoms with Crippen molar-refractivity contribution < 1.29 is 54.1 Å². The molecule has 96 heavy (non-hydrogen) atoms. The van der Waals surface area contributed by atoms with Gasteiger partial charge in [0.25, 0.3) is 0 Å². The number of benzene rings is 4. The van der Waals surface area contributed by atoms with Gasteiger partial charge < -0.3 is 40.0 Å². The van der Waals surface area contributed by atoms with Crippen molar-refractivity contribution in [3.05, 3.63) is 97.1 Å². The van der Waals surface area contributed by atoms with E-state index >= 15 is 0 Å². The topological polar surface area (TPSA) is 243 Å². The molecular formula is C72H112N8O12S4. The molecule has 0 bridgehead atoms. The largest absolute Gasteiger partial charge is 0.508 e. The highest BCUT2D eigenvalue weighted by Crippen LogP contribution is 2.35. The molecule has 8 aliphatic rings. The van der Waals surface area contributed by atoms with Crippen LogP contribution in [-0.4, -0.2) is 220 Å². The number of rotatable bonds is 20. The highest BCUT2D eigenvalue weighted by molar-refractivity contribution is 7.90. The maximum absolute atomic E-state index is 12.9. The van der Waals surface area contributed by atoms with Crippen LogP contribution in [0, 0.1) is 23.7 Å². The molecule has 4 atom stereocenters. The van der Waals surface area contributed by atoms with Gasteiger partial charge in [0.2, 0.25) is 40.1 Å². The molecule has 4 N–H and O–H groups in total. The molecule has 8 fully saturated rings. The van der Waals surface area contributed by atoms with E-state index in [9.17, 15) is 54.1 Å². The van der Waals surface area contributed by atoms with Crippen LogP contribution in [0.1, 0.15) is 156 Å². The van der Waals surface area contributed by atoms with E-state index in [1.165, 1.54) is 99.9 Å². The minimum absolute atomic E-state index is 0.00532. The van der Waals surface area contributed by atoms with Crippen molar-refractivity contribution in [3.8, 4) is 23.0 Å². The first-order valence-electron chi connectivity index (χ1n) is 36.0. The molecule has 4 aromatic carbocycles. The summed E-state index contributed by atoms with van der Waals surface area (Å²) in [4.78, 5) is 10.7. The molecule has 0 aromatic heterocycles. The van der Waals surface area contributed by atoms with Gasteiger partial charge in [0.05, 0.1) is 19.6 Å². The molecule has 0 radical (unpaired) electrons. The van der Waals surface area contributed by atoms with E-state index < -0.39 is 40.1 Å². The number of sulfonamides is 4. The molecule has 0 unspecified atom stereocenters. The summed E-state index contributed by atoms with van der Waals surface area (Å²) < 4.78 is 110. The van der Waals surface area contributed by atoms with E-state index in [0.717, 1.165) is 179 Å². The van der Waals surface area contributed by atoms with Gasteiger partial charge in [0.1, 0.15) is 23.0 Å². The molecule has 0 saturated carbocycles. The van der Waals surface area contributed by atoms with E-state index in [2.05, 4.69) is 47.3 Å². The average molecular weight is 1410 g/mol. The predicted octanol–water partition coefficient (Wildman–Crippen LogP) is 10.7. The Bertz CT molecular complexity index is 3080. The maximum Gasteiger partial charge on any atom is 0.243 e. The Labute approximate surface area is 575 Å². The fraction of sp³-hybridized carbons (Fsp3) is 0.667. The van der Waals surface area contributed by atoms with Crippen molar-refractivity contribution in [3.63, 3.8) is 0 Å². The van der Waals surface area contributed by atoms with Crippen LogP contribution in [0.3, 0.4) is 0 Å². The van der Waals surface area contributed by atoms with Crippen LogP contribution >= 0.6 is 0 Å². The Balaban J connectivity index is 0.000000150. The van der Waals surface area contributed by atoms with E-state index in [1.54, 1.807) is 65.8 Å². The summed E-state index contributed by atoms with van der Waals surface area (Å²) in [5.74, 6) is 3.24.